The molecular formula is C13H12ClF3N2O. The van der Waals surface area contributed by atoms with E-state index in [0.29, 0.717) is 12.3 Å². The first-order chi connectivity index (χ1) is 8.99. The number of nitrogens with two attached hydrogens (primary N) is 1. The number of hydrogen-bond acceptors (Lipinski definition) is 3. The number of aromatic nitrogens is 1. The van der Waals surface area contributed by atoms with Crippen molar-refractivity contribution < 1.29 is 17.9 Å². The van der Waals surface area contributed by atoms with E-state index < -0.39 is 11.9 Å². The average Bonchev–Trinajstić information content (AvgIpc) is 2.38. The molecule has 0 fully saturated rings. The number of ether oxygens (including phenoxy) is 1. The van der Waals surface area contributed by atoms with Crippen molar-refractivity contribution in [1.82, 2.24) is 4.98 Å². The molecule has 0 amide bonds. The Kier molecular flexibility index (Phi) is 5.35. The predicted molar refractivity (Wildman–Crippen MR) is 70.9 cm³/mol. The van der Waals surface area contributed by atoms with Crippen LogP contribution in [0.5, 0.6) is 11.5 Å². The maximum atomic E-state index is 12.3. The fraction of sp³-hybridized carbons (Fsp3) is 0.154. The quantitative estimate of drug-likeness (QED) is 0.939. The molecule has 1 aromatic heterocycles. The third-order valence-corrected chi connectivity index (χ3v) is 2.40. The summed E-state index contributed by atoms with van der Waals surface area (Å²) < 4.78 is 42.4. The molecule has 108 valence electrons. The molecule has 0 atom stereocenters. The van der Waals surface area contributed by atoms with Gasteiger partial charge < -0.3 is 10.5 Å². The average molecular weight is 305 g/mol. The third-order valence-electron chi connectivity index (χ3n) is 2.40. The number of rotatable bonds is 3. The fourth-order valence-corrected chi connectivity index (χ4v) is 1.48. The maximum absolute atomic E-state index is 12.3. The van der Waals surface area contributed by atoms with E-state index in [0.717, 1.165) is 17.8 Å². The normalized spacial score (nSPS) is 10.8. The van der Waals surface area contributed by atoms with E-state index in [1.165, 1.54) is 6.07 Å². The lowest BCUT2D eigenvalue weighted by atomic mass is 10.2. The number of nitrogens with zero attached hydrogens (tertiary/aromatic N) is 1. The zero-order chi connectivity index (χ0) is 13.9. The standard InChI is InChI=1S/C13H11F3N2O.ClH/c14-13(15,16)12-5-4-11(8-18-12)19-10-3-1-2-9(6-10)7-17;/h1-6,8H,7,17H2;1H. The van der Waals surface area contributed by atoms with Crippen molar-refractivity contribution >= 4 is 12.4 Å². The molecule has 2 aromatic rings. The molecule has 0 aliphatic rings. The van der Waals surface area contributed by atoms with E-state index >= 15 is 0 Å². The van der Waals surface area contributed by atoms with Crippen molar-refractivity contribution in [2.75, 3.05) is 0 Å². The van der Waals surface area contributed by atoms with Crippen molar-refractivity contribution in [3.05, 3.63) is 53.9 Å². The van der Waals surface area contributed by atoms with Crippen LogP contribution in [-0.4, -0.2) is 4.98 Å². The minimum absolute atomic E-state index is 0. The number of halogens is 4. The van der Waals surface area contributed by atoms with Crippen molar-refractivity contribution in [3.63, 3.8) is 0 Å². The number of alkyl halides is 3. The highest BCUT2D eigenvalue weighted by molar-refractivity contribution is 5.85. The highest BCUT2D eigenvalue weighted by Gasteiger charge is 2.32. The van der Waals surface area contributed by atoms with Crippen molar-refractivity contribution in [2.24, 2.45) is 5.73 Å². The summed E-state index contributed by atoms with van der Waals surface area (Å²) in [4.78, 5) is 3.31. The summed E-state index contributed by atoms with van der Waals surface area (Å²) in [6.45, 7) is 0.364. The number of benzene rings is 1. The van der Waals surface area contributed by atoms with Crippen LogP contribution in [0.2, 0.25) is 0 Å². The highest BCUT2D eigenvalue weighted by atomic mass is 35.5. The van der Waals surface area contributed by atoms with Crippen LogP contribution < -0.4 is 10.5 Å². The van der Waals surface area contributed by atoms with Crippen LogP contribution in [0.15, 0.2) is 42.6 Å². The summed E-state index contributed by atoms with van der Waals surface area (Å²) in [5.74, 6) is 0.742. The first-order valence-electron chi connectivity index (χ1n) is 5.49. The maximum Gasteiger partial charge on any atom is 0.433 e. The van der Waals surface area contributed by atoms with Crippen LogP contribution >= 0.6 is 12.4 Å². The monoisotopic (exact) mass is 304 g/mol. The van der Waals surface area contributed by atoms with E-state index in [9.17, 15) is 13.2 Å². The Hall–Kier alpha value is -1.79. The Morgan fingerprint density at radius 2 is 1.85 bits per heavy atom. The topological polar surface area (TPSA) is 48.1 Å². The van der Waals surface area contributed by atoms with Crippen molar-refractivity contribution in [2.45, 2.75) is 12.7 Å². The summed E-state index contributed by atoms with van der Waals surface area (Å²) in [5.41, 5.74) is 5.41. The second-order valence-corrected chi connectivity index (χ2v) is 3.83. The molecule has 1 aromatic carbocycles. The van der Waals surface area contributed by atoms with Gasteiger partial charge in [0, 0.05) is 6.54 Å². The van der Waals surface area contributed by atoms with E-state index in [4.69, 9.17) is 10.5 Å². The first kappa shape index (κ1) is 16.3. The van der Waals surface area contributed by atoms with Gasteiger partial charge in [-0.2, -0.15) is 13.2 Å². The van der Waals surface area contributed by atoms with Crippen molar-refractivity contribution in [1.29, 1.82) is 0 Å². The molecule has 0 spiro atoms. The second-order valence-electron chi connectivity index (χ2n) is 3.83. The van der Waals surface area contributed by atoms with Gasteiger partial charge in [-0.05, 0) is 29.8 Å². The van der Waals surface area contributed by atoms with Gasteiger partial charge >= 0.3 is 6.18 Å². The van der Waals surface area contributed by atoms with Crippen LogP contribution in [0.4, 0.5) is 13.2 Å². The van der Waals surface area contributed by atoms with Crippen LogP contribution in [0.25, 0.3) is 0 Å². The molecule has 0 saturated carbocycles. The van der Waals surface area contributed by atoms with Crippen LogP contribution in [0.3, 0.4) is 0 Å². The Morgan fingerprint density at radius 1 is 1.10 bits per heavy atom. The second kappa shape index (κ2) is 6.58. The molecule has 20 heavy (non-hydrogen) atoms. The highest BCUT2D eigenvalue weighted by Crippen LogP contribution is 2.29. The van der Waals surface area contributed by atoms with Gasteiger partial charge in [-0.25, -0.2) is 4.98 Å². The first-order valence-corrected chi connectivity index (χ1v) is 5.49. The lowest BCUT2D eigenvalue weighted by molar-refractivity contribution is -0.141. The molecule has 2 N–H and O–H groups in total. The fourth-order valence-electron chi connectivity index (χ4n) is 1.48. The van der Waals surface area contributed by atoms with Gasteiger partial charge in [-0.3, -0.25) is 0 Å². The Balaban J connectivity index is 0.00000200. The van der Waals surface area contributed by atoms with Gasteiger partial charge in [-0.1, -0.05) is 12.1 Å². The summed E-state index contributed by atoms with van der Waals surface area (Å²) in [6.07, 6.45) is -3.41. The number of hydrogen-bond donors (Lipinski definition) is 1. The minimum atomic E-state index is -4.45. The summed E-state index contributed by atoms with van der Waals surface area (Å²) in [7, 11) is 0. The zero-order valence-electron chi connectivity index (χ0n) is 10.2. The van der Waals surface area contributed by atoms with Crippen molar-refractivity contribution in [3.8, 4) is 11.5 Å². The molecule has 0 radical (unpaired) electrons. The molecule has 0 aliphatic carbocycles. The zero-order valence-corrected chi connectivity index (χ0v) is 11.0. The van der Waals surface area contributed by atoms with E-state index in [-0.39, 0.29) is 18.2 Å². The van der Waals surface area contributed by atoms with Gasteiger partial charge in [0.2, 0.25) is 0 Å². The largest absolute Gasteiger partial charge is 0.456 e. The SMILES string of the molecule is Cl.NCc1cccc(Oc2ccc(C(F)(F)F)nc2)c1. The molecule has 2 rings (SSSR count). The predicted octanol–water partition coefficient (Wildman–Crippen LogP) is 3.77. The van der Waals surface area contributed by atoms with Gasteiger partial charge in [0.15, 0.2) is 0 Å². The third kappa shape index (κ3) is 4.11. The van der Waals surface area contributed by atoms with E-state index in [2.05, 4.69) is 4.98 Å². The van der Waals surface area contributed by atoms with Gasteiger partial charge in [0.25, 0.3) is 0 Å². The number of pyridine rings is 1. The Labute approximate surface area is 120 Å². The Bertz CT molecular complexity index is 558. The van der Waals surface area contributed by atoms with Crippen LogP contribution in [-0.2, 0) is 12.7 Å². The van der Waals surface area contributed by atoms with Gasteiger partial charge in [0.1, 0.15) is 17.2 Å². The molecular weight excluding hydrogens is 293 g/mol. The minimum Gasteiger partial charge on any atom is -0.456 e. The molecule has 7 heteroatoms. The molecule has 0 aliphatic heterocycles. The van der Waals surface area contributed by atoms with Crippen LogP contribution in [0.1, 0.15) is 11.3 Å². The van der Waals surface area contributed by atoms with E-state index in [1.807, 2.05) is 6.07 Å². The van der Waals surface area contributed by atoms with Crippen LogP contribution in [0, 0.1) is 0 Å². The summed E-state index contributed by atoms with van der Waals surface area (Å²) in [6, 6.07) is 9.11. The summed E-state index contributed by atoms with van der Waals surface area (Å²) >= 11 is 0. The lowest BCUT2D eigenvalue weighted by Crippen LogP contribution is -2.07. The van der Waals surface area contributed by atoms with Gasteiger partial charge in [-0.15, -0.1) is 12.4 Å². The van der Waals surface area contributed by atoms with Gasteiger partial charge in [0.05, 0.1) is 6.20 Å². The molecule has 3 nitrogen and oxygen atoms in total. The molecule has 0 bridgehead atoms. The van der Waals surface area contributed by atoms with E-state index in [1.54, 1.807) is 18.2 Å². The molecule has 0 unspecified atom stereocenters. The molecule has 0 saturated heterocycles. The molecule has 1 heterocycles. The summed E-state index contributed by atoms with van der Waals surface area (Å²) in [5, 5.41) is 0. The Morgan fingerprint density at radius 3 is 2.40 bits per heavy atom. The smallest absolute Gasteiger partial charge is 0.433 e. The lowest BCUT2D eigenvalue weighted by Gasteiger charge is -2.08.